The Kier molecular flexibility index (Phi) is 2.35. The first-order chi connectivity index (χ1) is 3.83. The molecular formula is C5H8Br2O. The lowest BCUT2D eigenvalue weighted by Crippen LogP contribution is -2.45. The molecule has 48 valence electrons. The fraction of sp³-hybridized carbons (Fsp3) is 1.00. The number of hydrogen-bond donors (Lipinski definition) is 0. The minimum absolute atomic E-state index is 0.417. The SMILES string of the molecule is BrCC1(CBr)COC1. The number of ether oxygens (including phenoxy) is 1. The maximum absolute atomic E-state index is 5.06. The van der Waals surface area contributed by atoms with E-state index in [0.717, 1.165) is 23.9 Å². The van der Waals surface area contributed by atoms with Crippen molar-refractivity contribution in [2.45, 2.75) is 0 Å². The van der Waals surface area contributed by atoms with Crippen LogP contribution in [0.4, 0.5) is 0 Å². The highest BCUT2D eigenvalue weighted by Crippen LogP contribution is 2.31. The Morgan fingerprint density at radius 3 is 1.75 bits per heavy atom. The molecule has 0 unspecified atom stereocenters. The van der Waals surface area contributed by atoms with Crippen molar-refractivity contribution >= 4 is 31.9 Å². The highest BCUT2D eigenvalue weighted by molar-refractivity contribution is 9.09. The van der Waals surface area contributed by atoms with E-state index in [1.165, 1.54) is 0 Å². The van der Waals surface area contributed by atoms with Gasteiger partial charge in [-0.05, 0) is 0 Å². The van der Waals surface area contributed by atoms with Crippen molar-refractivity contribution in [1.29, 1.82) is 0 Å². The molecule has 0 saturated carbocycles. The topological polar surface area (TPSA) is 9.23 Å². The maximum atomic E-state index is 5.06. The third-order valence-electron chi connectivity index (χ3n) is 1.38. The van der Waals surface area contributed by atoms with Crippen molar-refractivity contribution in [2.75, 3.05) is 23.9 Å². The number of halogens is 2. The highest BCUT2D eigenvalue weighted by Gasteiger charge is 2.36. The molecule has 1 rings (SSSR count). The molecule has 3 heteroatoms. The van der Waals surface area contributed by atoms with Crippen molar-refractivity contribution in [1.82, 2.24) is 0 Å². The minimum Gasteiger partial charge on any atom is -0.380 e. The largest absolute Gasteiger partial charge is 0.380 e. The van der Waals surface area contributed by atoms with E-state index in [2.05, 4.69) is 31.9 Å². The standard InChI is InChI=1S/C5H8Br2O/c6-1-5(2-7)3-8-4-5/h1-4H2. The summed E-state index contributed by atoms with van der Waals surface area (Å²) in [6.07, 6.45) is 0. The zero-order chi connectivity index (χ0) is 6.04. The fourth-order valence-electron chi connectivity index (χ4n) is 0.581. The molecule has 0 aromatic carbocycles. The van der Waals surface area contributed by atoms with E-state index in [1.807, 2.05) is 0 Å². The minimum atomic E-state index is 0.417. The Balaban J connectivity index is 2.33. The highest BCUT2D eigenvalue weighted by atomic mass is 79.9. The molecular weight excluding hydrogens is 236 g/mol. The molecule has 0 amide bonds. The van der Waals surface area contributed by atoms with Crippen LogP contribution in [0.15, 0.2) is 0 Å². The molecule has 0 spiro atoms. The summed E-state index contributed by atoms with van der Waals surface area (Å²) >= 11 is 6.87. The van der Waals surface area contributed by atoms with Crippen LogP contribution in [0.5, 0.6) is 0 Å². The van der Waals surface area contributed by atoms with Crippen molar-refractivity contribution in [2.24, 2.45) is 5.41 Å². The van der Waals surface area contributed by atoms with Gasteiger partial charge in [0.2, 0.25) is 0 Å². The molecule has 1 nitrogen and oxygen atoms in total. The second-order valence-corrected chi connectivity index (χ2v) is 3.38. The number of hydrogen-bond acceptors (Lipinski definition) is 1. The van der Waals surface area contributed by atoms with Gasteiger partial charge in [-0.2, -0.15) is 0 Å². The lowest BCUT2D eigenvalue weighted by Gasteiger charge is -2.38. The van der Waals surface area contributed by atoms with Crippen LogP contribution in [0.25, 0.3) is 0 Å². The Labute approximate surface area is 66.0 Å². The zero-order valence-electron chi connectivity index (χ0n) is 4.49. The molecule has 0 N–H and O–H groups in total. The quantitative estimate of drug-likeness (QED) is 0.673. The Morgan fingerprint density at radius 1 is 1.25 bits per heavy atom. The van der Waals surface area contributed by atoms with Gasteiger partial charge in [-0.1, -0.05) is 31.9 Å². The average Bonchev–Trinajstić information content (AvgIpc) is 1.67. The molecule has 1 aliphatic heterocycles. The first kappa shape index (κ1) is 7.03. The molecule has 1 saturated heterocycles. The van der Waals surface area contributed by atoms with Crippen molar-refractivity contribution in [3.63, 3.8) is 0 Å². The van der Waals surface area contributed by atoms with Crippen LogP contribution in [-0.2, 0) is 4.74 Å². The van der Waals surface area contributed by atoms with Gasteiger partial charge < -0.3 is 4.74 Å². The van der Waals surface area contributed by atoms with E-state index in [0.29, 0.717) is 5.41 Å². The van der Waals surface area contributed by atoms with E-state index in [9.17, 15) is 0 Å². The van der Waals surface area contributed by atoms with Crippen molar-refractivity contribution in [3.05, 3.63) is 0 Å². The zero-order valence-corrected chi connectivity index (χ0v) is 7.66. The number of rotatable bonds is 2. The fourth-order valence-corrected chi connectivity index (χ4v) is 2.16. The van der Waals surface area contributed by atoms with Crippen LogP contribution in [0, 0.1) is 5.41 Å². The Morgan fingerprint density at radius 2 is 1.75 bits per heavy atom. The van der Waals surface area contributed by atoms with Gasteiger partial charge in [-0.3, -0.25) is 0 Å². The smallest absolute Gasteiger partial charge is 0.0560 e. The molecule has 1 aliphatic rings. The normalized spacial score (nSPS) is 24.8. The van der Waals surface area contributed by atoms with Crippen LogP contribution in [0.1, 0.15) is 0 Å². The molecule has 0 aromatic heterocycles. The molecule has 1 heterocycles. The first-order valence-corrected chi connectivity index (χ1v) is 4.77. The summed E-state index contributed by atoms with van der Waals surface area (Å²) in [6, 6.07) is 0. The second-order valence-electron chi connectivity index (χ2n) is 2.26. The van der Waals surface area contributed by atoms with Crippen LogP contribution in [-0.4, -0.2) is 23.9 Å². The predicted octanol–water partition coefficient (Wildman–Crippen LogP) is 1.79. The summed E-state index contributed by atoms with van der Waals surface area (Å²) in [6.45, 7) is 1.81. The van der Waals surface area contributed by atoms with Gasteiger partial charge >= 0.3 is 0 Å². The lowest BCUT2D eigenvalue weighted by molar-refractivity contribution is -0.0815. The third-order valence-corrected chi connectivity index (χ3v) is 3.76. The summed E-state index contributed by atoms with van der Waals surface area (Å²) < 4.78 is 5.06. The van der Waals surface area contributed by atoms with E-state index in [4.69, 9.17) is 4.74 Å². The van der Waals surface area contributed by atoms with Crippen LogP contribution < -0.4 is 0 Å². The summed E-state index contributed by atoms with van der Waals surface area (Å²) in [4.78, 5) is 0. The van der Waals surface area contributed by atoms with Crippen LogP contribution in [0.2, 0.25) is 0 Å². The molecule has 8 heavy (non-hydrogen) atoms. The van der Waals surface area contributed by atoms with Crippen LogP contribution in [0.3, 0.4) is 0 Å². The third kappa shape index (κ3) is 1.09. The van der Waals surface area contributed by atoms with Gasteiger partial charge in [-0.25, -0.2) is 0 Å². The predicted molar refractivity (Wildman–Crippen MR) is 40.8 cm³/mol. The summed E-state index contributed by atoms with van der Waals surface area (Å²) in [5.41, 5.74) is 0.417. The van der Waals surface area contributed by atoms with E-state index in [-0.39, 0.29) is 0 Å². The van der Waals surface area contributed by atoms with Gasteiger partial charge in [0.15, 0.2) is 0 Å². The van der Waals surface area contributed by atoms with Crippen molar-refractivity contribution in [3.8, 4) is 0 Å². The molecule has 0 radical (unpaired) electrons. The van der Waals surface area contributed by atoms with E-state index >= 15 is 0 Å². The summed E-state index contributed by atoms with van der Waals surface area (Å²) in [5.74, 6) is 0. The van der Waals surface area contributed by atoms with Gasteiger partial charge in [0.1, 0.15) is 0 Å². The Hall–Kier alpha value is 0.920. The molecule has 0 atom stereocenters. The molecule has 1 fully saturated rings. The first-order valence-electron chi connectivity index (χ1n) is 2.53. The van der Waals surface area contributed by atoms with Gasteiger partial charge in [-0.15, -0.1) is 0 Å². The second kappa shape index (κ2) is 2.67. The summed E-state index contributed by atoms with van der Waals surface area (Å²) in [7, 11) is 0. The molecule has 0 bridgehead atoms. The molecule has 0 aliphatic carbocycles. The van der Waals surface area contributed by atoms with Gasteiger partial charge in [0.05, 0.1) is 13.2 Å². The summed E-state index contributed by atoms with van der Waals surface area (Å²) in [5, 5.41) is 2.09. The van der Waals surface area contributed by atoms with Crippen molar-refractivity contribution < 1.29 is 4.74 Å². The van der Waals surface area contributed by atoms with Gasteiger partial charge in [0, 0.05) is 16.1 Å². The molecule has 0 aromatic rings. The lowest BCUT2D eigenvalue weighted by atomic mass is 9.92. The number of alkyl halides is 2. The monoisotopic (exact) mass is 242 g/mol. The maximum Gasteiger partial charge on any atom is 0.0560 e. The average molecular weight is 244 g/mol. The Bertz CT molecular complexity index is 67.0. The van der Waals surface area contributed by atoms with Gasteiger partial charge in [0.25, 0.3) is 0 Å². The van der Waals surface area contributed by atoms with E-state index in [1.54, 1.807) is 0 Å². The van der Waals surface area contributed by atoms with E-state index < -0.39 is 0 Å². The van der Waals surface area contributed by atoms with Crippen LogP contribution >= 0.6 is 31.9 Å².